The maximum absolute atomic E-state index is 12.1. The van der Waals surface area contributed by atoms with Gasteiger partial charge in [0.2, 0.25) is 0 Å². The van der Waals surface area contributed by atoms with Crippen LogP contribution in [0.1, 0.15) is 32.0 Å². The van der Waals surface area contributed by atoms with E-state index >= 15 is 0 Å². The summed E-state index contributed by atoms with van der Waals surface area (Å²) in [6.07, 6.45) is 1.40. The average molecular weight is 266 g/mol. The van der Waals surface area contributed by atoms with Crippen LogP contribution in [-0.4, -0.2) is 21.8 Å². The molecule has 1 aromatic heterocycles. The van der Waals surface area contributed by atoms with Crippen molar-refractivity contribution >= 4 is 11.8 Å². The molecule has 0 unspecified atom stereocenters. The van der Waals surface area contributed by atoms with Crippen LogP contribution in [-0.2, 0) is 6.42 Å². The van der Waals surface area contributed by atoms with E-state index in [9.17, 15) is 9.59 Å². The third-order valence-electron chi connectivity index (χ3n) is 2.76. The Balaban J connectivity index is 2.24. The lowest BCUT2D eigenvalue weighted by atomic mass is 10.0. The average Bonchev–Trinajstić information content (AvgIpc) is 2.48. The first kappa shape index (κ1) is 13.4. The molecule has 0 saturated carbocycles. The highest BCUT2D eigenvalue weighted by atomic mass is 16.4. The van der Waals surface area contributed by atoms with Gasteiger partial charge in [0.15, 0.2) is 11.5 Å². The van der Waals surface area contributed by atoms with Gasteiger partial charge in [-0.3, -0.25) is 4.79 Å². The lowest BCUT2D eigenvalue weighted by molar-refractivity contribution is 0.0685. The second-order valence-electron chi connectivity index (χ2n) is 4.11. The van der Waals surface area contributed by atoms with Gasteiger partial charge < -0.3 is 5.11 Å². The van der Waals surface area contributed by atoms with Gasteiger partial charge in [0, 0.05) is 12.6 Å². The van der Waals surface area contributed by atoms with E-state index in [1.807, 2.05) is 6.07 Å². The van der Waals surface area contributed by atoms with Crippen LogP contribution in [0.15, 0.2) is 42.6 Å². The van der Waals surface area contributed by atoms with Crippen LogP contribution in [0.2, 0.25) is 0 Å². The second-order valence-corrected chi connectivity index (χ2v) is 4.11. The minimum absolute atomic E-state index is 0.0671. The van der Waals surface area contributed by atoms with Crippen LogP contribution in [0.25, 0.3) is 0 Å². The standard InChI is InChI=1S/C15H10N2O3/c16-9-11-5-3-10(4-6-11)8-13(18)12-2-1-7-17-14(12)15(19)20/h1-7H,8H2,(H,19,20). The molecule has 1 N–H and O–H groups in total. The second kappa shape index (κ2) is 5.76. The molecular formula is C15H10N2O3. The smallest absolute Gasteiger partial charge is 0.355 e. The zero-order valence-corrected chi connectivity index (χ0v) is 10.4. The van der Waals surface area contributed by atoms with Crippen LogP contribution in [0.3, 0.4) is 0 Å². The number of aromatic nitrogens is 1. The fraction of sp³-hybridized carbons (Fsp3) is 0.0667. The van der Waals surface area contributed by atoms with E-state index < -0.39 is 5.97 Å². The van der Waals surface area contributed by atoms with Gasteiger partial charge in [-0.2, -0.15) is 5.26 Å². The first-order valence-corrected chi connectivity index (χ1v) is 5.82. The molecule has 0 aliphatic carbocycles. The van der Waals surface area contributed by atoms with Gasteiger partial charge >= 0.3 is 5.97 Å². The number of carboxylic acid groups (broad SMARTS) is 1. The first-order valence-electron chi connectivity index (χ1n) is 5.82. The normalized spacial score (nSPS) is 9.75. The number of pyridine rings is 1. The fourth-order valence-electron chi connectivity index (χ4n) is 1.78. The van der Waals surface area contributed by atoms with Crippen LogP contribution in [0, 0.1) is 11.3 Å². The number of nitrogens with zero attached hydrogens (tertiary/aromatic N) is 2. The third kappa shape index (κ3) is 2.87. The van der Waals surface area contributed by atoms with Gasteiger partial charge in [0.05, 0.1) is 17.2 Å². The SMILES string of the molecule is N#Cc1ccc(CC(=O)c2cccnc2C(=O)O)cc1. The summed E-state index contributed by atoms with van der Waals surface area (Å²) in [4.78, 5) is 26.8. The Morgan fingerprint density at radius 2 is 1.90 bits per heavy atom. The number of carbonyl (C=O) groups excluding carboxylic acids is 1. The molecular weight excluding hydrogens is 256 g/mol. The molecule has 0 radical (unpaired) electrons. The van der Waals surface area contributed by atoms with Crippen molar-refractivity contribution in [3.63, 3.8) is 0 Å². The number of Topliss-reactive ketones (excluding diaryl/α,β-unsaturated/α-hetero) is 1. The van der Waals surface area contributed by atoms with Crippen molar-refractivity contribution in [3.05, 3.63) is 65.0 Å². The summed E-state index contributed by atoms with van der Waals surface area (Å²) in [5.74, 6) is -1.55. The number of rotatable bonds is 4. The zero-order valence-electron chi connectivity index (χ0n) is 10.4. The van der Waals surface area contributed by atoms with E-state index in [1.165, 1.54) is 18.3 Å². The number of carboxylic acids is 1. The predicted molar refractivity (Wildman–Crippen MR) is 70.4 cm³/mol. The Bertz CT molecular complexity index is 700. The fourth-order valence-corrected chi connectivity index (χ4v) is 1.78. The van der Waals surface area contributed by atoms with E-state index in [0.29, 0.717) is 11.1 Å². The van der Waals surface area contributed by atoms with E-state index in [4.69, 9.17) is 10.4 Å². The number of carbonyl (C=O) groups is 2. The largest absolute Gasteiger partial charge is 0.476 e. The van der Waals surface area contributed by atoms with E-state index in [-0.39, 0.29) is 23.5 Å². The summed E-state index contributed by atoms with van der Waals surface area (Å²) < 4.78 is 0. The molecule has 98 valence electrons. The number of hydrogen-bond acceptors (Lipinski definition) is 4. The van der Waals surface area contributed by atoms with Crippen LogP contribution < -0.4 is 0 Å². The number of hydrogen-bond donors (Lipinski definition) is 1. The summed E-state index contributed by atoms with van der Waals surface area (Å²) in [6.45, 7) is 0. The predicted octanol–water partition coefficient (Wildman–Crippen LogP) is 2.08. The van der Waals surface area contributed by atoms with Crippen molar-refractivity contribution in [2.45, 2.75) is 6.42 Å². The monoisotopic (exact) mass is 266 g/mol. The Kier molecular flexibility index (Phi) is 3.87. The maximum atomic E-state index is 12.1. The van der Waals surface area contributed by atoms with Crippen molar-refractivity contribution in [2.75, 3.05) is 0 Å². The van der Waals surface area contributed by atoms with E-state index in [1.54, 1.807) is 24.3 Å². The maximum Gasteiger partial charge on any atom is 0.355 e. The van der Waals surface area contributed by atoms with Crippen molar-refractivity contribution in [3.8, 4) is 6.07 Å². The van der Waals surface area contributed by atoms with Gasteiger partial charge in [-0.25, -0.2) is 9.78 Å². The van der Waals surface area contributed by atoms with Crippen molar-refractivity contribution in [1.82, 2.24) is 4.98 Å². The van der Waals surface area contributed by atoms with Crippen LogP contribution >= 0.6 is 0 Å². The van der Waals surface area contributed by atoms with Crippen LogP contribution in [0.5, 0.6) is 0 Å². The topological polar surface area (TPSA) is 91.0 Å². The molecule has 0 amide bonds. The first-order chi connectivity index (χ1) is 9.61. The molecule has 1 aromatic carbocycles. The van der Waals surface area contributed by atoms with E-state index in [2.05, 4.69) is 4.98 Å². The zero-order chi connectivity index (χ0) is 14.5. The highest BCUT2D eigenvalue weighted by molar-refractivity contribution is 6.05. The molecule has 0 aliphatic heterocycles. The molecule has 0 fully saturated rings. The van der Waals surface area contributed by atoms with Gasteiger partial charge in [-0.15, -0.1) is 0 Å². The number of nitriles is 1. The minimum Gasteiger partial charge on any atom is -0.476 e. The van der Waals surface area contributed by atoms with Crippen molar-refractivity contribution in [2.24, 2.45) is 0 Å². The minimum atomic E-state index is -1.23. The van der Waals surface area contributed by atoms with Crippen molar-refractivity contribution in [1.29, 1.82) is 5.26 Å². The molecule has 20 heavy (non-hydrogen) atoms. The Labute approximate surface area is 115 Å². The number of ketones is 1. The van der Waals surface area contributed by atoms with Gasteiger partial charge in [-0.1, -0.05) is 12.1 Å². The lowest BCUT2D eigenvalue weighted by Crippen LogP contribution is -2.12. The molecule has 0 bridgehead atoms. The van der Waals surface area contributed by atoms with E-state index in [0.717, 1.165) is 0 Å². The van der Waals surface area contributed by atoms with Gasteiger partial charge in [-0.05, 0) is 29.8 Å². The highest BCUT2D eigenvalue weighted by Crippen LogP contribution is 2.11. The quantitative estimate of drug-likeness (QED) is 0.855. The summed E-state index contributed by atoms with van der Waals surface area (Å²) >= 11 is 0. The lowest BCUT2D eigenvalue weighted by Gasteiger charge is -2.04. The molecule has 2 rings (SSSR count). The Morgan fingerprint density at radius 1 is 1.20 bits per heavy atom. The van der Waals surface area contributed by atoms with Crippen molar-refractivity contribution < 1.29 is 14.7 Å². The summed E-state index contributed by atoms with van der Waals surface area (Å²) in [5, 5.41) is 17.7. The molecule has 0 saturated heterocycles. The number of benzene rings is 1. The molecule has 1 heterocycles. The molecule has 5 nitrogen and oxygen atoms in total. The summed E-state index contributed by atoms with van der Waals surface area (Å²) in [7, 11) is 0. The van der Waals surface area contributed by atoms with Gasteiger partial charge in [0.1, 0.15) is 0 Å². The molecule has 0 spiro atoms. The summed E-state index contributed by atoms with van der Waals surface area (Å²) in [5.41, 5.74) is 1.07. The third-order valence-corrected chi connectivity index (χ3v) is 2.76. The Hall–Kier alpha value is -3.00. The molecule has 0 atom stereocenters. The van der Waals surface area contributed by atoms with Crippen LogP contribution in [0.4, 0.5) is 0 Å². The van der Waals surface area contributed by atoms with Gasteiger partial charge in [0.25, 0.3) is 0 Å². The highest BCUT2D eigenvalue weighted by Gasteiger charge is 2.17. The molecule has 5 heteroatoms. The molecule has 2 aromatic rings. The molecule has 0 aliphatic rings. The summed E-state index contributed by atoms with van der Waals surface area (Å²) in [6, 6.07) is 11.5. The number of aromatic carboxylic acids is 1. The Morgan fingerprint density at radius 3 is 2.50 bits per heavy atom.